The topological polar surface area (TPSA) is 38.0 Å². The van der Waals surface area contributed by atoms with Gasteiger partial charge in [0.25, 0.3) is 0 Å². The predicted molar refractivity (Wildman–Crippen MR) is 39.6 cm³/mol. The zero-order valence-corrected chi connectivity index (χ0v) is 6.15. The second-order valence-electron chi connectivity index (χ2n) is 2.93. The van der Waals surface area contributed by atoms with Gasteiger partial charge in [0.15, 0.2) is 0 Å². The third kappa shape index (κ3) is 2.23. The summed E-state index contributed by atoms with van der Waals surface area (Å²) in [6.07, 6.45) is 2.75. The molecule has 0 aromatic rings. The monoisotopic (exact) mass is 146 g/mol. The predicted octanol–water partition coefficient (Wildman–Crippen LogP) is 0.425. The van der Waals surface area contributed by atoms with Crippen molar-refractivity contribution in [3.05, 3.63) is 0 Å². The van der Waals surface area contributed by atoms with Crippen LogP contribution in [0, 0.1) is 0 Å². The number of halogens is 1. The van der Waals surface area contributed by atoms with Gasteiger partial charge in [-0.3, -0.25) is 4.39 Å². The third-order valence-corrected chi connectivity index (χ3v) is 1.92. The number of nitrogens with two attached hydrogens (primary N) is 1. The third-order valence-electron chi connectivity index (χ3n) is 1.92. The van der Waals surface area contributed by atoms with E-state index in [2.05, 4.69) is 5.32 Å². The molecular formula is C7H15FN2. The summed E-state index contributed by atoms with van der Waals surface area (Å²) in [7, 11) is 0. The van der Waals surface area contributed by atoms with Crippen LogP contribution >= 0.6 is 0 Å². The van der Waals surface area contributed by atoms with Crippen molar-refractivity contribution in [1.29, 1.82) is 0 Å². The summed E-state index contributed by atoms with van der Waals surface area (Å²) in [4.78, 5) is 0. The first-order valence-corrected chi connectivity index (χ1v) is 3.88. The number of alkyl halides is 1. The summed E-state index contributed by atoms with van der Waals surface area (Å²) in [5.41, 5.74) is 5.56. The largest absolute Gasteiger partial charge is 0.328 e. The van der Waals surface area contributed by atoms with Crippen LogP contribution in [0.25, 0.3) is 0 Å². The second kappa shape index (κ2) is 3.88. The van der Waals surface area contributed by atoms with Gasteiger partial charge >= 0.3 is 0 Å². The van der Waals surface area contributed by atoms with Gasteiger partial charge in [0.1, 0.15) is 0 Å². The van der Waals surface area contributed by atoms with Crippen molar-refractivity contribution in [2.24, 2.45) is 5.73 Å². The van der Waals surface area contributed by atoms with Gasteiger partial charge in [-0.25, -0.2) is 0 Å². The Morgan fingerprint density at radius 2 is 2.20 bits per heavy atom. The quantitative estimate of drug-likeness (QED) is 0.564. The van der Waals surface area contributed by atoms with E-state index in [0.717, 1.165) is 19.4 Å². The minimum atomic E-state index is -0.216. The van der Waals surface area contributed by atoms with Crippen molar-refractivity contribution in [1.82, 2.24) is 5.32 Å². The lowest BCUT2D eigenvalue weighted by atomic mass is 9.88. The molecule has 60 valence electrons. The summed E-state index contributed by atoms with van der Waals surface area (Å²) in [5, 5.41) is 3.23. The van der Waals surface area contributed by atoms with E-state index in [1.54, 1.807) is 0 Å². The van der Waals surface area contributed by atoms with Crippen molar-refractivity contribution in [3.63, 3.8) is 0 Å². The van der Waals surface area contributed by atoms with E-state index >= 15 is 0 Å². The summed E-state index contributed by atoms with van der Waals surface area (Å²) >= 11 is 0. The van der Waals surface area contributed by atoms with Gasteiger partial charge in [0.2, 0.25) is 0 Å². The minimum absolute atomic E-state index is 0.216. The van der Waals surface area contributed by atoms with Crippen molar-refractivity contribution in [3.8, 4) is 0 Å². The van der Waals surface area contributed by atoms with Crippen LogP contribution in [0.4, 0.5) is 4.39 Å². The van der Waals surface area contributed by atoms with Crippen LogP contribution in [0.5, 0.6) is 0 Å². The molecule has 1 rings (SSSR count). The molecule has 0 bridgehead atoms. The number of hydrogen-bond acceptors (Lipinski definition) is 2. The molecule has 0 aromatic carbocycles. The molecule has 0 heterocycles. The van der Waals surface area contributed by atoms with E-state index in [1.807, 2.05) is 0 Å². The summed E-state index contributed by atoms with van der Waals surface area (Å²) in [5.74, 6) is 0. The van der Waals surface area contributed by atoms with E-state index in [9.17, 15) is 4.39 Å². The Hall–Kier alpha value is -0.150. The molecule has 0 unspecified atom stereocenters. The van der Waals surface area contributed by atoms with Gasteiger partial charge in [0.05, 0.1) is 6.67 Å². The Labute approximate surface area is 61.0 Å². The van der Waals surface area contributed by atoms with E-state index < -0.39 is 0 Å². The van der Waals surface area contributed by atoms with Crippen molar-refractivity contribution in [2.45, 2.75) is 31.3 Å². The molecule has 0 saturated heterocycles. The summed E-state index contributed by atoms with van der Waals surface area (Å²) in [6, 6.07) is 0.962. The van der Waals surface area contributed by atoms with Crippen molar-refractivity contribution in [2.75, 3.05) is 13.2 Å². The average Bonchev–Trinajstić information content (AvgIpc) is 1.85. The maximum absolute atomic E-state index is 11.6. The molecule has 0 radical (unpaired) electrons. The first-order valence-electron chi connectivity index (χ1n) is 3.88. The molecule has 3 N–H and O–H groups in total. The fourth-order valence-corrected chi connectivity index (χ4v) is 1.20. The van der Waals surface area contributed by atoms with Gasteiger partial charge in [-0.15, -0.1) is 0 Å². The zero-order valence-electron chi connectivity index (χ0n) is 6.15. The van der Waals surface area contributed by atoms with E-state index in [1.165, 1.54) is 0 Å². The van der Waals surface area contributed by atoms with Gasteiger partial charge in [0, 0.05) is 12.1 Å². The molecule has 1 aliphatic rings. The van der Waals surface area contributed by atoms with Crippen LogP contribution in [-0.2, 0) is 0 Å². The fourth-order valence-electron chi connectivity index (χ4n) is 1.20. The average molecular weight is 146 g/mol. The highest BCUT2D eigenvalue weighted by Gasteiger charge is 2.24. The molecule has 0 aliphatic heterocycles. The van der Waals surface area contributed by atoms with E-state index in [4.69, 9.17) is 5.73 Å². The summed E-state index contributed by atoms with van der Waals surface area (Å²) < 4.78 is 11.6. The van der Waals surface area contributed by atoms with Crippen LogP contribution < -0.4 is 11.1 Å². The lowest BCUT2D eigenvalue weighted by Crippen LogP contribution is -2.48. The highest BCUT2D eigenvalue weighted by atomic mass is 19.1. The number of nitrogens with one attached hydrogen (secondary N) is 1. The van der Waals surface area contributed by atoms with E-state index in [-0.39, 0.29) is 6.67 Å². The highest BCUT2D eigenvalue weighted by molar-refractivity contribution is 4.87. The highest BCUT2D eigenvalue weighted by Crippen LogP contribution is 2.16. The maximum atomic E-state index is 11.6. The Bertz CT molecular complexity index is 91.6. The number of hydrogen-bond donors (Lipinski definition) is 2. The Morgan fingerprint density at radius 3 is 2.70 bits per heavy atom. The van der Waals surface area contributed by atoms with Crippen LogP contribution in [0.1, 0.15) is 19.3 Å². The molecule has 3 heteroatoms. The minimum Gasteiger partial charge on any atom is -0.328 e. The molecule has 1 saturated carbocycles. The molecule has 0 spiro atoms. The molecule has 10 heavy (non-hydrogen) atoms. The molecular weight excluding hydrogens is 131 g/mol. The molecule has 2 nitrogen and oxygen atoms in total. The van der Waals surface area contributed by atoms with Crippen LogP contribution in [0.2, 0.25) is 0 Å². The molecule has 0 amide bonds. The van der Waals surface area contributed by atoms with E-state index in [0.29, 0.717) is 18.5 Å². The molecule has 1 fully saturated rings. The van der Waals surface area contributed by atoms with Crippen molar-refractivity contribution < 1.29 is 4.39 Å². The normalized spacial score (nSPS) is 31.8. The molecule has 1 aliphatic carbocycles. The fraction of sp³-hybridized carbons (Fsp3) is 1.00. The lowest BCUT2D eigenvalue weighted by molar-refractivity contribution is 0.287. The molecule has 0 atom stereocenters. The van der Waals surface area contributed by atoms with Crippen LogP contribution in [-0.4, -0.2) is 25.3 Å². The molecule has 0 aromatic heterocycles. The zero-order chi connectivity index (χ0) is 7.40. The Morgan fingerprint density at radius 1 is 1.50 bits per heavy atom. The first kappa shape index (κ1) is 7.95. The van der Waals surface area contributed by atoms with Gasteiger partial charge in [-0.05, 0) is 25.8 Å². The van der Waals surface area contributed by atoms with Crippen molar-refractivity contribution >= 4 is 0 Å². The SMILES string of the molecule is NC1CC(NCCCF)C1. The smallest absolute Gasteiger partial charge is 0.0906 e. The summed E-state index contributed by atoms with van der Waals surface area (Å²) in [6.45, 7) is 0.583. The Balaban J connectivity index is 1.86. The number of rotatable bonds is 4. The lowest BCUT2D eigenvalue weighted by Gasteiger charge is -2.33. The van der Waals surface area contributed by atoms with Gasteiger partial charge in [-0.1, -0.05) is 0 Å². The van der Waals surface area contributed by atoms with Gasteiger partial charge < -0.3 is 11.1 Å². The van der Waals surface area contributed by atoms with Crippen LogP contribution in [0.15, 0.2) is 0 Å². The van der Waals surface area contributed by atoms with Crippen LogP contribution in [0.3, 0.4) is 0 Å². The maximum Gasteiger partial charge on any atom is 0.0906 e. The first-order chi connectivity index (χ1) is 4.83. The van der Waals surface area contributed by atoms with Gasteiger partial charge in [-0.2, -0.15) is 0 Å². The second-order valence-corrected chi connectivity index (χ2v) is 2.93. The Kier molecular flexibility index (Phi) is 3.09. The standard InChI is InChI=1S/C7H15FN2/c8-2-1-3-10-7-4-6(9)5-7/h6-7,10H,1-5,9H2.